The lowest BCUT2D eigenvalue weighted by Crippen LogP contribution is -2.01. The fourth-order valence-corrected chi connectivity index (χ4v) is 3.33. The molecular weight excluding hydrogens is 240 g/mol. The third-order valence-corrected chi connectivity index (χ3v) is 4.25. The van der Waals surface area contributed by atoms with Gasteiger partial charge in [-0.15, -0.1) is 0 Å². The maximum Gasteiger partial charge on any atom is 0.0142 e. The topological polar surface area (TPSA) is 0 Å². The molecule has 0 spiro atoms. The summed E-state index contributed by atoms with van der Waals surface area (Å²) >= 11 is 0. The molecule has 0 nitrogen and oxygen atoms in total. The fourth-order valence-electron chi connectivity index (χ4n) is 3.33. The van der Waals surface area contributed by atoms with Crippen LogP contribution in [-0.2, 0) is 6.42 Å². The van der Waals surface area contributed by atoms with E-state index in [4.69, 9.17) is 0 Å². The van der Waals surface area contributed by atoms with Gasteiger partial charge in [0.25, 0.3) is 0 Å². The molecule has 0 saturated heterocycles. The first-order valence-electron chi connectivity index (χ1n) is 7.15. The van der Waals surface area contributed by atoms with Crippen molar-refractivity contribution in [2.75, 3.05) is 0 Å². The molecule has 96 valence electrons. The van der Waals surface area contributed by atoms with E-state index in [9.17, 15) is 0 Å². The second-order valence-electron chi connectivity index (χ2n) is 5.42. The molecule has 3 aromatic carbocycles. The summed E-state index contributed by atoms with van der Waals surface area (Å²) in [6.45, 7) is 0. The normalized spacial score (nSPS) is 13.0. The first-order valence-corrected chi connectivity index (χ1v) is 7.15. The molecule has 3 aromatic rings. The number of rotatable bonds is 2. The van der Waals surface area contributed by atoms with E-state index in [1.54, 1.807) is 0 Å². The van der Waals surface area contributed by atoms with Crippen molar-refractivity contribution < 1.29 is 0 Å². The van der Waals surface area contributed by atoms with Crippen LogP contribution in [0.2, 0.25) is 0 Å². The van der Waals surface area contributed by atoms with Crippen molar-refractivity contribution in [1.82, 2.24) is 0 Å². The van der Waals surface area contributed by atoms with Gasteiger partial charge in [0.1, 0.15) is 0 Å². The van der Waals surface area contributed by atoms with Gasteiger partial charge >= 0.3 is 0 Å². The zero-order valence-corrected chi connectivity index (χ0v) is 11.3. The van der Waals surface area contributed by atoms with Crippen LogP contribution in [0.3, 0.4) is 0 Å². The van der Waals surface area contributed by atoms with Gasteiger partial charge in [-0.2, -0.15) is 0 Å². The Balaban J connectivity index is 1.83. The number of benzene rings is 3. The van der Waals surface area contributed by atoms with Crippen molar-refractivity contribution >= 4 is 0 Å². The van der Waals surface area contributed by atoms with Crippen LogP contribution in [0.15, 0.2) is 78.9 Å². The summed E-state index contributed by atoms with van der Waals surface area (Å²) in [7, 11) is 0. The summed E-state index contributed by atoms with van der Waals surface area (Å²) in [5.41, 5.74) is 7.16. The summed E-state index contributed by atoms with van der Waals surface area (Å²) < 4.78 is 0. The molecule has 20 heavy (non-hydrogen) atoms. The number of fused-ring (bicyclic) bond motifs is 3. The highest BCUT2D eigenvalue weighted by Crippen LogP contribution is 2.45. The van der Waals surface area contributed by atoms with Crippen LogP contribution in [0.1, 0.15) is 22.6 Å². The van der Waals surface area contributed by atoms with Crippen LogP contribution in [0.4, 0.5) is 0 Å². The SMILES string of the molecule is c1ccc(CC2c3ccccc3-c3ccccc32)cc1. The molecular formula is C20H16. The molecule has 1 aliphatic rings. The quantitative estimate of drug-likeness (QED) is 0.602. The van der Waals surface area contributed by atoms with E-state index in [2.05, 4.69) is 78.9 Å². The minimum atomic E-state index is 0.491. The van der Waals surface area contributed by atoms with Gasteiger partial charge in [-0.3, -0.25) is 0 Å². The maximum absolute atomic E-state index is 2.28. The highest BCUT2D eigenvalue weighted by Gasteiger charge is 2.27. The van der Waals surface area contributed by atoms with Gasteiger partial charge in [-0.05, 0) is 34.2 Å². The van der Waals surface area contributed by atoms with Gasteiger partial charge in [0.05, 0.1) is 0 Å². The Hall–Kier alpha value is -2.34. The van der Waals surface area contributed by atoms with Crippen molar-refractivity contribution in [2.45, 2.75) is 12.3 Å². The molecule has 0 saturated carbocycles. The molecule has 4 rings (SSSR count). The summed E-state index contributed by atoms with van der Waals surface area (Å²) in [5.74, 6) is 0.491. The van der Waals surface area contributed by atoms with Crippen LogP contribution in [0, 0.1) is 0 Å². The van der Waals surface area contributed by atoms with E-state index < -0.39 is 0 Å². The molecule has 0 unspecified atom stereocenters. The Bertz CT molecular complexity index is 695. The van der Waals surface area contributed by atoms with Gasteiger partial charge in [0.2, 0.25) is 0 Å². The molecule has 0 N–H and O–H groups in total. The highest BCUT2D eigenvalue weighted by molar-refractivity contribution is 5.78. The third kappa shape index (κ3) is 1.77. The molecule has 0 atom stereocenters. The van der Waals surface area contributed by atoms with E-state index in [1.165, 1.54) is 27.8 Å². The largest absolute Gasteiger partial charge is 0.0622 e. The fraction of sp³-hybridized carbons (Fsp3) is 0.100. The van der Waals surface area contributed by atoms with E-state index in [0.717, 1.165) is 6.42 Å². The number of hydrogen-bond donors (Lipinski definition) is 0. The summed E-state index contributed by atoms with van der Waals surface area (Å²) in [6.07, 6.45) is 1.08. The Labute approximate surface area is 119 Å². The molecule has 0 aliphatic heterocycles. The van der Waals surface area contributed by atoms with Gasteiger partial charge in [0, 0.05) is 5.92 Å². The molecule has 0 bridgehead atoms. The second-order valence-corrected chi connectivity index (χ2v) is 5.42. The van der Waals surface area contributed by atoms with Gasteiger partial charge in [-0.1, -0.05) is 78.9 Å². The van der Waals surface area contributed by atoms with E-state index >= 15 is 0 Å². The molecule has 0 radical (unpaired) electrons. The van der Waals surface area contributed by atoms with Crippen LogP contribution in [0.5, 0.6) is 0 Å². The van der Waals surface area contributed by atoms with Crippen molar-refractivity contribution in [1.29, 1.82) is 0 Å². The van der Waals surface area contributed by atoms with Crippen molar-refractivity contribution in [3.63, 3.8) is 0 Å². The second kappa shape index (κ2) is 4.64. The first kappa shape index (κ1) is 11.5. The predicted molar refractivity (Wildman–Crippen MR) is 83.9 cm³/mol. The lowest BCUT2D eigenvalue weighted by atomic mass is 9.90. The van der Waals surface area contributed by atoms with Crippen LogP contribution in [-0.4, -0.2) is 0 Å². The molecule has 1 aliphatic carbocycles. The average Bonchev–Trinajstić information content (AvgIpc) is 2.84. The molecule has 0 amide bonds. The zero-order valence-electron chi connectivity index (χ0n) is 11.3. The third-order valence-electron chi connectivity index (χ3n) is 4.25. The van der Waals surface area contributed by atoms with E-state index in [1.807, 2.05) is 0 Å². The molecule has 0 heteroatoms. The lowest BCUT2D eigenvalue weighted by Gasteiger charge is -2.13. The average molecular weight is 256 g/mol. The maximum atomic E-state index is 2.28. The minimum Gasteiger partial charge on any atom is -0.0622 e. The molecule has 0 heterocycles. The lowest BCUT2D eigenvalue weighted by molar-refractivity contribution is 0.827. The molecule has 0 fully saturated rings. The van der Waals surface area contributed by atoms with Gasteiger partial charge in [0.15, 0.2) is 0 Å². The first-order chi connectivity index (χ1) is 9.93. The van der Waals surface area contributed by atoms with Gasteiger partial charge in [-0.25, -0.2) is 0 Å². The van der Waals surface area contributed by atoms with Crippen LogP contribution in [0.25, 0.3) is 11.1 Å². The predicted octanol–water partition coefficient (Wildman–Crippen LogP) is 5.04. The van der Waals surface area contributed by atoms with Crippen LogP contribution >= 0.6 is 0 Å². The van der Waals surface area contributed by atoms with Crippen molar-refractivity contribution in [3.05, 3.63) is 95.6 Å². The van der Waals surface area contributed by atoms with E-state index in [-0.39, 0.29) is 0 Å². The molecule has 0 aromatic heterocycles. The Morgan fingerprint density at radius 3 is 1.65 bits per heavy atom. The summed E-state index contributed by atoms with van der Waals surface area (Å²) in [6, 6.07) is 28.4. The van der Waals surface area contributed by atoms with Crippen molar-refractivity contribution in [2.24, 2.45) is 0 Å². The summed E-state index contributed by atoms with van der Waals surface area (Å²) in [4.78, 5) is 0. The summed E-state index contributed by atoms with van der Waals surface area (Å²) in [5, 5.41) is 0. The zero-order chi connectivity index (χ0) is 13.4. The van der Waals surface area contributed by atoms with Gasteiger partial charge < -0.3 is 0 Å². The standard InChI is InChI=1S/C20H16/c1-2-8-15(9-3-1)14-20-18-12-6-4-10-16(18)17-11-5-7-13-19(17)20/h1-13,20H,14H2. The monoisotopic (exact) mass is 256 g/mol. The minimum absolute atomic E-state index is 0.491. The Kier molecular flexibility index (Phi) is 2.67. The smallest absolute Gasteiger partial charge is 0.0142 e. The van der Waals surface area contributed by atoms with E-state index in [0.29, 0.717) is 5.92 Å². The Morgan fingerprint density at radius 1 is 0.550 bits per heavy atom. The van der Waals surface area contributed by atoms with Crippen LogP contribution < -0.4 is 0 Å². The Morgan fingerprint density at radius 2 is 1.05 bits per heavy atom. The number of hydrogen-bond acceptors (Lipinski definition) is 0. The highest BCUT2D eigenvalue weighted by atomic mass is 14.3. The van der Waals surface area contributed by atoms with Crippen molar-refractivity contribution in [3.8, 4) is 11.1 Å².